The fraction of sp³-hybridized carbons (Fsp3) is 0.444. The van der Waals surface area contributed by atoms with E-state index in [4.69, 9.17) is 0 Å². The first-order chi connectivity index (χ1) is 12.5. The van der Waals surface area contributed by atoms with Crippen LogP contribution in [0.4, 0.5) is 5.13 Å². The molecule has 1 atom stereocenters. The average molecular weight is 408 g/mol. The zero-order chi connectivity index (χ0) is 20.0. The molecular weight excluding hydrogens is 382 g/mol. The van der Waals surface area contributed by atoms with Crippen molar-refractivity contribution in [2.75, 3.05) is 19.4 Å². The Kier molecular flexibility index (Phi) is 5.04. The minimum atomic E-state index is -3.41. The number of aromatic nitrogens is 3. The Hall–Kier alpha value is -1.97. The first kappa shape index (κ1) is 19.8. The van der Waals surface area contributed by atoms with Crippen molar-refractivity contribution >= 4 is 31.5 Å². The summed E-state index contributed by atoms with van der Waals surface area (Å²) < 4.78 is 27.3. The topological polar surface area (TPSA) is 79.6 Å². The van der Waals surface area contributed by atoms with Crippen molar-refractivity contribution < 1.29 is 8.42 Å². The third-order valence-electron chi connectivity index (χ3n) is 4.31. The Labute approximate surface area is 164 Å². The van der Waals surface area contributed by atoms with Crippen LogP contribution >= 0.6 is 11.3 Å². The summed E-state index contributed by atoms with van der Waals surface area (Å²) >= 11 is 1.50. The molecule has 146 valence electrons. The van der Waals surface area contributed by atoms with Crippen LogP contribution in [0, 0.1) is 0 Å². The van der Waals surface area contributed by atoms with Gasteiger partial charge in [-0.2, -0.15) is 0 Å². The Morgan fingerprint density at radius 3 is 2.33 bits per heavy atom. The second-order valence-corrected chi connectivity index (χ2v) is 10.8. The molecule has 27 heavy (non-hydrogen) atoms. The minimum absolute atomic E-state index is 0.0110. The molecule has 0 aliphatic heterocycles. The third-order valence-corrected chi connectivity index (χ3v) is 6.99. The summed E-state index contributed by atoms with van der Waals surface area (Å²) in [6, 6.07) is 6.90. The number of anilines is 1. The number of hydrogen-bond acceptors (Lipinski definition) is 6. The molecule has 0 bridgehead atoms. The van der Waals surface area contributed by atoms with Crippen molar-refractivity contribution in [2.24, 2.45) is 0 Å². The van der Waals surface area contributed by atoms with E-state index in [9.17, 15) is 8.42 Å². The second kappa shape index (κ2) is 6.88. The molecule has 1 unspecified atom stereocenters. The number of benzene rings is 1. The maximum Gasteiger partial charge on any atom is 0.242 e. The predicted molar refractivity (Wildman–Crippen MR) is 109 cm³/mol. The summed E-state index contributed by atoms with van der Waals surface area (Å²) in [6.07, 6.45) is 1.96. The Bertz CT molecular complexity index is 1010. The van der Waals surface area contributed by atoms with Gasteiger partial charge >= 0.3 is 0 Å². The number of nitrogens with zero attached hydrogens (tertiary/aromatic N) is 4. The standard InChI is InChI=1S/C18H25N5O2S2/c1-12(13-7-9-14(10-8-13)27(24,25)22(5)6)19-16-21-23-11-15(18(2,3)4)20-17(23)26-16/h7-12H,1-6H3,(H,19,21). The van der Waals surface area contributed by atoms with Gasteiger partial charge in [0.15, 0.2) is 0 Å². The summed E-state index contributed by atoms with van der Waals surface area (Å²) in [5, 5.41) is 8.68. The largest absolute Gasteiger partial charge is 0.354 e. The molecule has 0 saturated heterocycles. The van der Waals surface area contributed by atoms with Gasteiger partial charge in [0.25, 0.3) is 0 Å². The fourth-order valence-electron chi connectivity index (χ4n) is 2.53. The molecule has 0 saturated carbocycles. The highest BCUT2D eigenvalue weighted by Crippen LogP contribution is 2.28. The Morgan fingerprint density at radius 2 is 1.81 bits per heavy atom. The highest BCUT2D eigenvalue weighted by Gasteiger charge is 2.20. The van der Waals surface area contributed by atoms with Crippen molar-refractivity contribution in [3.63, 3.8) is 0 Å². The van der Waals surface area contributed by atoms with Gasteiger partial charge in [-0.05, 0) is 24.6 Å². The molecule has 0 spiro atoms. The molecule has 2 heterocycles. The van der Waals surface area contributed by atoms with E-state index in [0.717, 1.165) is 21.3 Å². The number of hydrogen-bond donors (Lipinski definition) is 1. The van der Waals surface area contributed by atoms with E-state index in [0.29, 0.717) is 0 Å². The number of imidazole rings is 1. The quantitative estimate of drug-likeness (QED) is 0.700. The average Bonchev–Trinajstić information content (AvgIpc) is 3.13. The van der Waals surface area contributed by atoms with Crippen molar-refractivity contribution in [1.82, 2.24) is 18.9 Å². The molecule has 2 aromatic heterocycles. The van der Waals surface area contributed by atoms with Crippen LogP contribution < -0.4 is 5.32 Å². The molecular formula is C18H25N5O2S2. The predicted octanol–water partition coefficient (Wildman–Crippen LogP) is 3.51. The van der Waals surface area contributed by atoms with E-state index in [2.05, 4.69) is 36.2 Å². The van der Waals surface area contributed by atoms with Gasteiger partial charge in [-0.15, -0.1) is 5.10 Å². The zero-order valence-electron chi connectivity index (χ0n) is 16.4. The van der Waals surface area contributed by atoms with Crippen LogP contribution in [0.25, 0.3) is 4.96 Å². The minimum Gasteiger partial charge on any atom is -0.354 e. The maximum absolute atomic E-state index is 12.2. The van der Waals surface area contributed by atoms with Crippen LogP contribution in [0.5, 0.6) is 0 Å². The third kappa shape index (κ3) is 3.99. The van der Waals surface area contributed by atoms with Crippen LogP contribution in [0.15, 0.2) is 35.4 Å². The van der Waals surface area contributed by atoms with Crippen LogP contribution in [-0.2, 0) is 15.4 Å². The molecule has 1 N–H and O–H groups in total. The van der Waals surface area contributed by atoms with Gasteiger partial charge in [0.1, 0.15) is 0 Å². The Morgan fingerprint density at radius 1 is 1.19 bits per heavy atom. The molecule has 0 aliphatic rings. The van der Waals surface area contributed by atoms with Gasteiger partial charge in [-0.3, -0.25) is 0 Å². The van der Waals surface area contributed by atoms with Crippen molar-refractivity contribution in [3.05, 3.63) is 41.7 Å². The lowest BCUT2D eigenvalue weighted by atomic mass is 9.93. The van der Waals surface area contributed by atoms with Crippen LogP contribution in [0.3, 0.4) is 0 Å². The van der Waals surface area contributed by atoms with Crippen LogP contribution in [0.2, 0.25) is 0 Å². The van der Waals surface area contributed by atoms with E-state index in [-0.39, 0.29) is 16.4 Å². The summed E-state index contributed by atoms with van der Waals surface area (Å²) in [7, 11) is -0.363. The first-order valence-electron chi connectivity index (χ1n) is 8.64. The van der Waals surface area contributed by atoms with E-state index < -0.39 is 10.0 Å². The van der Waals surface area contributed by atoms with Gasteiger partial charge in [-0.1, -0.05) is 44.2 Å². The lowest BCUT2D eigenvalue weighted by Crippen LogP contribution is -2.22. The maximum atomic E-state index is 12.2. The van der Waals surface area contributed by atoms with Gasteiger partial charge in [0.05, 0.1) is 22.8 Å². The molecule has 3 aromatic rings. The van der Waals surface area contributed by atoms with Gasteiger partial charge in [0.2, 0.25) is 20.1 Å². The smallest absolute Gasteiger partial charge is 0.242 e. The monoisotopic (exact) mass is 407 g/mol. The molecule has 0 amide bonds. The van der Waals surface area contributed by atoms with Crippen LogP contribution in [0.1, 0.15) is 45.0 Å². The number of sulfonamides is 1. The van der Waals surface area contributed by atoms with Crippen molar-refractivity contribution in [1.29, 1.82) is 0 Å². The highest BCUT2D eigenvalue weighted by molar-refractivity contribution is 7.89. The molecule has 0 fully saturated rings. The number of rotatable bonds is 5. The lowest BCUT2D eigenvalue weighted by molar-refractivity contribution is 0.520. The summed E-state index contributed by atoms with van der Waals surface area (Å²) in [5.74, 6) is 0. The summed E-state index contributed by atoms with van der Waals surface area (Å²) in [5.41, 5.74) is 1.98. The molecule has 7 nitrogen and oxygen atoms in total. The molecule has 0 aliphatic carbocycles. The first-order valence-corrected chi connectivity index (χ1v) is 10.9. The van der Waals surface area contributed by atoms with Gasteiger partial charge < -0.3 is 5.32 Å². The van der Waals surface area contributed by atoms with Crippen molar-refractivity contribution in [2.45, 2.75) is 44.0 Å². The number of fused-ring (bicyclic) bond motifs is 1. The fourth-order valence-corrected chi connectivity index (χ4v) is 4.30. The zero-order valence-corrected chi connectivity index (χ0v) is 18.0. The van der Waals surface area contributed by atoms with Crippen LogP contribution in [-0.4, -0.2) is 41.4 Å². The van der Waals surface area contributed by atoms with Gasteiger partial charge in [-0.25, -0.2) is 22.2 Å². The lowest BCUT2D eigenvalue weighted by Gasteiger charge is -2.15. The van der Waals surface area contributed by atoms with E-state index in [1.54, 1.807) is 16.6 Å². The summed E-state index contributed by atoms with van der Waals surface area (Å²) in [4.78, 5) is 5.78. The Balaban J connectivity index is 1.76. The highest BCUT2D eigenvalue weighted by atomic mass is 32.2. The van der Waals surface area contributed by atoms with E-state index in [1.807, 2.05) is 25.3 Å². The molecule has 1 aromatic carbocycles. The van der Waals surface area contributed by atoms with Gasteiger partial charge in [0, 0.05) is 19.5 Å². The SMILES string of the molecule is CC(Nc1nn2cc(C(C)(C)C)nc2s1)c1ccc(S(=O)(=O)N(C)C)cc1. The summed E-state index contributed by atoms with van der Waals surface area (Å²) in [6.45, 7) is 8.39. The molecule has 9 heteroatoms. The normalized spacial score (nSPS) is 14.0. The number of nitrogens with one attached hydrogen (secondary N) is 1. The molecule has 0 radical (unpaired) electrons. The van der Waals surface area contributed by atoms with Crippen molar-refractivity contribution in [3.8, 4) is 0 Å². The van der Waals surface area contributed by atoms with E-state index >= 15 is 0 Å². The molecule has 3 rings (SSSR count). The second-order valence-electron chi connectivity index (χ2n) is 7.73. The van der Waals surface area contributed by atoms with E-state index in [1.165, 1.54) is 29.7 Å².